The minimum atomic E-state index is -1.18. The molecule has 122 valence electrons. The van der Waals surface area contributed by atoms with Gasteiger partial charge in [-0.1, -0.05) is 17.7 Å². The van der Waals surface area contributed by atoms with Crippen molar-refractivity contribution in [3.05, 3.63) is 29.8 Å². The first-order valence-corrected chi connectivity index (χ1v) is 7.40. The van der Waals surface area contributed by atoms with E-state index < -0.39 is 12.1 Å². The maximum Gasteiger partial charge on any atom is 0.405 e. The van der Waals surface area contributed by atoms with Crippen LogP contribution in [0.1, 0.15) is 24.8 Å². The number of aryl methyl sites for hydroxylation is 1. The molecule has 0 aliphatic rings. The molecule has 1 aromatic carbocycles. The Morgan fingerprint density at radius 3 is 2.36 bits per heavy atom. The van der Waals surface area contributed by atoms with Gasteiger partial charge < -0.3 is 20.6 Å². The summed E-state index contributed by atoms with van der Waals surface area (Å²) in [6.45, 7) is 2.88. The van der Waals surface area contributed by atoms with Crippen LogP contribution in [0.25, 0.3) is 0 Å². The third-order valence-corrected chi connectivity index (χ3v) is 3.28. The Morgan fingerprint density at radius 2 is 1.82 bits per heavy atom. The summed E-state index contributed by atoms with van der Waals surface area (Å²) in [6.07, 6.45) is 1.00. The fraction of sp³-hybridized carbons (Fsp3) is 0.500. The molecule has 1 atom stereocenters. The van der Waals surface area contributed by atoms with Crippen LogP contribution in [0.3, 0.4) is 0 Å². The molecule has 1 rings (SSSR count). The van der Waals surface area contributed by atoms with Crippen LogP contribution >= 0.6 is 0 Å². The van der Waals surface area contributed by atoms with Crippen molar-refractivity contribution in [2.24, 2.45) is 0 Å². The molecule has 0 bridgehead atoms. The van der Waals surface area contributed by atoms with Gasteiger partial charge in [-0.2, -0.15) is 0 Å². The molecule has 22 heavy (non-hydrogen) atoms. The van der Waals surface area contributed by atoms with E-state index in [1.165, 1.54) is 0 Å². The van der Waals surface area contributed by atoms with Crippen molar-refractivity contribution < 1.29 is 14.7 Å². The van der Waals surface area contributed by atoms with Gasteiger partial charge in [-0.15, -0.1) is 0 Å². The lowest BCUT2D eigenvalue weighted by molar-refractivity contribution is -0.118. The molecule has 0 saturated heterocycles. The van der Waals surface area contributed by atoms with Gasteiger partial charge in [-0.25, -0.2) is 4.79 Å². The largest absolute Gasteiger partial charge is 0.465 e. The topological polar surface area (TPSA) is 81.7 Å². The van der Waals surface area contributed by atoms with Gasteiger partial charge in [0.05, 0.1) is 0 Å². The van der Waals surface area contributed by atoms with E-state index in [2.05, 4.69) is 15.5 Å². The molecule has 0 fully saturated rings. The highest BCUT2D eigenvalue weighted by molar-refractivity contribution is 5.96. The minimum absolute atomic E-state index is 0.323. The van der Waals surface area contributed by atoms with Crippen LogP contribution in [-0.2, 0) is 4.79 Å². The number of nitrogens with one attached hydrogen (secondary N) is 2. The van der Waals surface area contributed by atoms with Gasteiger partial charge in [0, 0.05) is 5.69 Å². The number of anilines is 1. The van der Waals surface area contributed by atoms with Crippen molar-refractivity contribution >= 4 is 17.7 Å². The smallest absolute Gasteiger partial charge is 0.405 e. The van der Waals surface area contributed by atoms with Crippen molar-refractivity contribution in [1.82, 2.24) is 10.2 Å². The van der Waals surface area contributed by atoms with Crippen molar-refractivity contribution in [2.75, 3.05) is 26.0 Å². The third-order valence-electron chi connectivity index (χ3n) is 3.28. The van der Waals surface area contributed by atoms with E-state index >= 15 is 0 Å². The second-order valence-electron chi connectivity index (χ2n) is 5.66. The Labute approximate surface area is 131 Å². The molecule has 3 N–H and O–H groups in total. The highest BCUT2D eigenvalue weighted by atomic mass is 16.4. The van der Waals surface area contributed by atoms with Crippen LogP contribution in [0.2, 0.25) is 0 Å². The molecule has 2 amide bonds. The van der Waals surface area contributed by atoms with Crippen molar-refractivity contribution in [3.63, 3.8) is 0 Å². The first kappa shape index (κ1) is 18.0. The second kappa shape index (κ2) is 9.04. The number of amides is 2. The SMILES string of the molecule is Cc1ccc(NC(=O)[C@H](CCCCN(C)C)NC(=O)O)cc1. The minimum Gasteiger partial charge on any atom is -0.465 e. The predicted octanol–water partition coefficient (Wildman–Crippen LogP) is 2.30. The lowest BCUT2D eigenvalue weighted by Gasteiger charge is -2.17. The van der Waals surface area contributed by atoms with Gasteiger partial charge in [0.2, 0.25) is 5.91 Å². The standard InChI is InChI=1S/C16H25N3O3/c1-12-7-9-13(10-8-12)17-15(20)14(18-16(21)22)6-4-5-11-19(2)3/h7-10,14,18H,4-6,11H2,1-3H3,(H,17,20)(H,21,22)/t14-/m0/s1. The summed E-state index contributed by atoms with van der Waals surface area (Å²) in [5, 5.41) is 13.9. The molecule has 6 nitrogen and oxygen atoms in total. The van der Waals surface area contributed by atoms with Crippen LogP contribution in [0.15, 0.2) is 24.3 Å². The van der Waals surface area contributed by atoms with Gasteiger partial charge >= 0.3 is 6.09 Å². The van der Waals surface area contributed by atoms with Crippen molar-refractivity contribution in [2.45, 2.75) is 32.2 Å². The maximum atomic E-state index is 12.2. The quantitative estimate of drug-likeness (QED) is 0.644. The van der Waals surface area contributed by atoms with Crippen LogP contribution in [0.5, 0.6) is 0 Å². The van der Waals surface area contributed by atoms with E-state index in [4.69, 9.17) is 5.11 Å². The number of carbonyl (C=O) groups excluding carboxylic acids is 1. The van der Waals surface area contributed by atoms with Gasteiger partial charge in [0.15, 0.2) is 0 Å². The lowest BCUT2D eigenvalue weighted by atomic mass is 10.1. The number of carbonyl (C=O) groups is 2. The van der Waals surface area contributed by atoms with Gasteiger partial charge in [0.1, 0.15) is 6.04 Å². The van der Waals surface area contributed by atoms with Gasteiger partial charge in [0.25, 0.3) is 0 Å². The Kier molecular flexibility index (Phi) is 7.39. The van der Waals surface area contributed by atoms with E-state index in [1.54, 1.807) is 12.1 Å². The highest BCUT2D eigenvalue weighted by Gasteiger charge is 2.20. The Bertz CT molecular complexity index is 486. The Morgan fingerprint density at radius 1 is 1.18 bits per heavy atom. The first-order chi connectivity index (χ1) is 10.4. The molecular formula is C16H25N3O3. The molecule has 0 aliphatic heterocycles. The third kappa shape index (κ3) is 7.08. The van der Waals surface area contributed by atoms with E-state index in [1.807, 2.05) is 33.2 Å². The number of rotatable bonds is 8. The summed E-state index contributed by atoms with van der Waals surface area (Å²) in [5.41, 5.74) is 1.77. The number of benzene rings is 1. The molecule has 0 heterocycles. The average Bonchev–Trinajstić information content (AvgIpc) is 2.44. The first-order valence-electron chi connectivity index (χ1n) is 7.40. The number of nitrogens with zero attached hydrogens (tertiary/aromatic N) is 1. The van der Waals surface area contributed by atoms with E-state index in [0.29, 0.717) is 12.1 Å². The summed E-state index contributed by atoms with van der Waals surface area (Å²) in [4.78, 5) is 25.1. The molecule has 1 aromatic rings. The molecule has 0 radical (unpaired) electrons. The predicted molar refractivity (Wildman–Crippen MR) is 87.2 cm³/mol. The highest BCUT2D eigenvalue weighted by Crippen LogP contribution is 2.10. The molecule has 0 aliphatic carbocycles. The molecule has 0 saturated carbocycles. The summed E-state index contributed by atoms with van der Waals surface area (Å²) in [6, 6.07) is 6.66. The summed E-state index contributed by atoms with van der Waals surface area (Å²) >= 11 is 0. The van der Waals surface area contributed by atoms with Gasteiger partial charge in [-0.3, -0.25) is 4.79 Å². The van der Waals surface area contributed by atoms with Crippen molar-refractivity contribution in [1.29, 1.82) is 0 Å². The fourth-order valence-corrected chi connectivity index (χ4v) is 2.06. The summed E-state index contributed by atoms with van der Waals surface area (Å²) < 4.78 is 0. The fourth-order valence-electron chi connectivity index (χ4n) is 2.06. The normalized spacial score (nSPS) is 12.0. The molecule has 0 aromatic heterocycles. The monoisotopic (exact) mass is 307 g/mol. The van der Waals surface area contributed by atoms with E-state index in [0.717, 1.165) is 24.9 Å². The number of hydrogen-bond acceptors (Lipinski definition) is 3. The Hall–Kier alpha value is -2.08. The molecule has 6 heteroatoms. The number of hydrogen-bond donors (Lipinski definition) is 3. The van der Waals surface area contributed by atoms with E-state index in [9.17, 15) is 9.59 Å². The number of carboxylic acid groups (broad SMARTS) is 1. The van der Waals surface area contributed by atoms with E-state index in [-0.39, 0.29) is 5.91 Å². The zero-order valence-corrected chi connectivity index (χ0v) is 13.4. The second-order valence-corrected chi connectivity index (χ2v) is 5.66. The van der Waals surface area contributed by atoms with Crippen LogP contribution < -0.4 is 10.6 Å². The van der Waals surface area contributed by atoms with Gasteiger partial charge in [-0.05, 0) is 59.0 Å². The lowest BCUT2D eigenvalue weighted by Crippen LogP contribution is -2.43. The van der Waals surface area contributed by atoms with Crippen LogP contribution in [0, 0.1) is 6.92 Å². The van der Waals surface area contributed by atoms with Crippen molar-refractivity contribution in [3.8, 4) is 0 Å². The van der Waals surface area contributed by atoms with Crippen LogP contribution in [0.4, 0.5) is 10.5 Å². The maximum absolute atomic E-state index is 12.2. The average molecular weight is 307 g/mol. The zero-order chi connectivity index (χ0) is 16.5. The zero-order valence-electron chi connectivity index (χ0n) is 13.4. The van der Waals surface area contributed by atoms with Crippen LogP contribution in [-0.4, -0.2) is 48.7 Å². The molecule has 0 spiro atoms. The number of unbranched alkanes of at least 4 members (excludes halogenated alkanes) is 1. The summed E-state index contributed by atoms with van der Waals surface area (Å²) in [7, 11) is 3.97. The molecule has 0 unspecified atom stereocenters. The molecular weight excluding hydrogens is 282 g/mol. The Balaban J connectivity index is 2.55. The summed E-state index contributed by atoms with van der Waals surface area (Å²) in [5.74, 6) is -0.323.